The van der Waals surface area contributed by atoms with Crippen molar-refractivity contribution < 1.29 is 27.5 Å². The molecule has 0 bridgehead atoms. The van der Waals surface area contributed by atoms with Crippen molar-refractivity contribution >= 4 is 11.6 Å². The monoisotopic (exact) mass is 349 g/mol. The normalized spacial score (nSPS) is 14.6. The predicted molar refractivity (Wildman–Crippen MR) is 79.4 cm³/mol. The SMILES string of the molecule is COC1=C(N)C(=O)c2nc(-c3ccc(C(F)(F)F)cn3)ccc2C1=O. The van der Waals surface area contributed by atoms with Gasteiger partial charge in [0.25, 0.3) is 0 Å². The van der Waals surface area contributed by atoms with Gasteiger partial charge in [0.1, 0.15) is 11.4 Å². The first-order valence-electron chi connectivity index (χ1n) is 6.92. The molecule has 2 N–H and O–H groups in total. The number of ketones is 2. The molecule has 6 nitrogen and oxygen atoms in total. The zero-order valence-electron chi connectivity index (χ0n) is 12.7. The van der Waals surface area contributed by atoms with Crippen molar-refractivity contribution in [2.75, 3.05) is 7.11 Å². The molecule has 0 saturated carbocycles. The van der Waals surface area contributed by atoms with Crippen molar-refractivity contribution in [1.82, 2.24) is 9.97 Å². The van der Waals surface area contributed by atoms with Gasteiger partial charge in [0, 0.05) is 6.20 Å². The van der Waals surface area contributed by atoms with Crippen LogP contribution in [0.1, 0.15) is 26.4 Å². The molecule has 0 fully saturated rings. The Morgan fingerprint density at radius 2 is 1.72 bits per heavy atom. The predicted octanol–water partition coefficient (Wildman–Crippen LogP) is 2.36. The summed E-state index contributed by atoms with van der Waals surface area (Å²) in [5.41, 5.74) is 4.40. The number of halogens is 3. The highest BCUT2D eigenvalue weighted by Gasteiger charge is 2.34. The Balaban J connectivity index is 2.04. The number of Topliss-reactive ketones (excluding diaryl/α,β-unsaturated/α-hetero) is 2. The van der Waals surface area contributed by atoms with Crippen LogP contribution in [0.5, 0.6) is 0 Å². The van der Waals surface area contributed by atoms with Crippen molar-refractivity contribution in [3.8, 4) is 11.4 Å². The first-order chi connectivity index (χ1) is 11.7. The average Bonchev–Trinajstić information content (AvgIpc) is 2.59. The van der Waals surface area contributed by atoms with Crippen LogP contribution in [0.15, 0.2) is 41.9 Å². The van der Waals surface area contributed by atoms with E-state index >= 15 is 0 Å². The molecular formula is C16H10F3N3O3. The minimum Gasteiger partial charge on any atom is -0.491 e. The van der Waals surface area contributed by atoms with Crippen molar-refractivity contribution in [2.45, 2.75) is 6.18 Å². The van der Waals surface area contributed by atoms with E-state index in [0.29, 0.717) is 6.20 Å². The fraction of sp³-hybridized carbons (Fsp3) is 0.125. The smallest absolute Gasteiger partial charge is 0.417 e. The molecule has 0 atom stereocenters. The van der Waals surface area contributed by atoms with Gasteiger partial charge in [-0.2, -0.15) is 13.2 Å². The van der Waals surface area contributed by atoms with Crippen LogP contribution in [0.3, 0.4) is 0 Å². The topological polar surface area (TPSA) is 95.2 Å². The van der Waals surface area contributed by atoms with E-state index in [1.165, 1.54) is 19.2 Å². The highest BCUT2D eigenvalue weighted by atomic mass is 19.4. The number of carbonyl (C=O) groups is 2. The first-order valence-corrected chi connectivity index (χ1v) is 6.92. The van der Waals surface area contributed by atoms with Gasteiger partial charge in [-0.05, 0) is 24.3 Å². The summed E-state index contributed by atoms with van der Waals surface area (Å²) in [6.07, 6.45) is -3.84. The number of methoxy groups -OCH3 is 1. The zero-order chi connectivity index (χ0) is 18.4. The fourth-order valence-corrected chi connectivity index (χ4v) is 2.35. The van der Waals surface area contributed by atoms with Crippen LogP contribution in [0, 0.1) is 0 Å². The maximum absolute atomic E-state index is 12.6. The van der Waals surface area contributed by atoms with E-state index < -0.39 is 23.3 Å². The lowest BCUT2D eigenvalue weighted by Gasteiger charge is -2.17. The lowest BCUT2D eigenvalue weighted by molar-refractivity contribution is -0.137. The van der Waals surface area contributed by atoms with Gasteiger partial charge >= 0.3 is 6.18 Å². The summed E-state index contributed by atoms with van der Waals surface area (Å²) in [6.45, 7) is 0. The number of nitrogens with two attached hydrogens (primary N) is 1. The highest BCUT2D eigenvalue weighted by Crippen LogP contribution is 2.30. The molecule has 1 aliphatic rings. The molecule has 0 saturated heterocycles. The second-order valence-corrected chi connectivity index (χ2v) is 5.13. The molecule has 0 radical (unpaired) electrons. The Morgan fingerprint density at radius 3 is 2.28 bits per heavy atom. The third-order valence-corrected chi connectivity index (χ3v) is 3.61. The Kier molecular flexibility index (Phi) is 3.78. The van der Waals surface area contributed by atoms with Gasteiger partial charge in [-0.1, -0.05) is 0 Å². The van der Waals surface area contributed by atoms with Gasteiger partial charge < -0.3 is 10.5 Å². The Bertz CT molecular complexity index is 918. The number of ether oxygens (including phenoxy) is 1. The summed E-state index contributed by atoms with van der Waals surface area (Å²) in [5.74, 6) is -1.55. The number of aromatic nitrogens is 2. The van der Waals surface area contributed by atoms with Gasteiger partial charge in [-0.15, -0.1) is 0 Å². The molecule has 0 aromatic carbocycles. The summed E-state index contributed by atoms with van der Waals surface area (Å²) in [4.78, 5) is 32.2. The molecule has 2 aromatic rings. The average molecular weight is 349 g/mol. The van der Waals surface area contributed by atoms with Gasteiger partial charge in [0.2, 0.25) is 11.6 Å². The summed E-state index contributed by atoms with van der Waals surface area (Å²) in [5, 5.41) is 0. The van der Waals surface area contributed by atoms with Crippen LogP contribution in [-0.2, 0) is 10.9 Å². The molecule has 2 heterocycles. The van der Waals surface area contributed by atoms with Gasteiger partial charge in [-0.25, -0.2) is 4.98 Å². The number of pyridine rings is 2. The summed E-state index contributed by atoms with van der Waals surface area (Å²) >= 11 is 0. The second-order valence-electron chi connectivity index (χ2n) is 5.13. The van der Waals surface area contributed by atoms with Crippen molar-refractivity contribution in [3.63, 3.8) is 0 Å². The van der Waals surface area contributed by atoms with Crippen molar-refractivity contribution in [2.24, 2.45) is 5.73 Å². The first kappa shape index (κ1) is 16.6. The number of hydrogen-bond acceptors (Lipinski definition) is 6. The maximum atomic E-state index is 12.6. The van der Waals surface area contributed by atoms with E-state index in [1.807, 2.05) is 0 Å². The molecule has 9 heteroatoms. The quantitative estimate of drug-likeness (QED) is 0.894. The third kappa shape index (κ3) is 2.73. The van der Waals surface area contributed by atoms with Crippen molar-refractivity contribution in [1.29, 1.82) is 0 Å². The molecule has 128 valence electrons. The lowest BCUT2D eigenvalue weighted by Crippen LogP contribution is -2.28. The number of fused-ring (bicyclic) bond motifs is 1. The minimum atomic E-state index is -4.51. The van der Waals surface area contributed by atoms with Crippen molar-refractivity contribution in [3.05, 3.63) is 58.7 Å². The molecule has 25 heavy (non-hydrogen) atoms. The molecular weight excluding hydrogens is 339 g/mol. The summed E-state index contributed by atoms with van der Waals surface area (Å²) in [7, 11) is 1.21. The Morgan fingerprint density at radius 1 is 1.04 bits per heavy atom. The highest BCUT2D eigenvalue weighted by molar-refractivity contribution is 6.25. The Labute approximate surface area is 139 Å². The second kappa shape index (κ2) is 5.69. The molecule has 1 aliphatic carbocycles. The standard InChI is InChI=1S/C16H10F3N3O3/c1-25-15-11(20)14(24)12-8(13(15)23)3-5-10(22-12)9-4-2-7(6-21-9)16(17,18)19/h2-6H,20H2,1H3. The number of hydrogen-bond donors (Lipinski definition) is 1. The maximum Gasteiger partial charge on any atom is 0.417 e. The van der Waals surface area contributed by atoms with Crippen LogP contribution >= 0.6 is 0 Å². The van der Waals surface area contributed by atoms with E-state index in [1.54, 1.807) is 0 Å². The van der Waals surface area contributed by atoms with Gasteiger partial charge in [0.15, 0.2) is 5.76 Å². The molecule has 0 aliphatic heterocycles. The largest absolute Gasteiger partial charge is 0.491 e. The number of carbonyl (C=O) groups excluding carboxylic acids is 2. The molecule has 0 spiro atoms. The molecule has 0 unspecified atom stereocenters. The Hall–Kier alpha value is -3.23. The van der Waals surface area contributed by atoms with E-state index in [4.69, 9.17) is 10.5 Å². The minimum absolute atomic E-state index is 0.00621. The van der Waals surface area contributed by atoms with E-state index in [9.17, 15) is 22.8 Å². The number of allylic oxidation sites excluding steroid dienone is 2. The van der Waals surface area contributed by atoms with Crippen LogP contribution in [0.4, 0.5) is 13.2 Å². The zero-order valence-corrected chi connectivity index (χ0v) is 12.7. The number of nitrogens with zero attached hydrogens (tertiary/aromatic N) is 2. The van der Waals surface area contributed by atoms with Gasteiger partial charge in [-0.3, -0.25) is 14.6 Å². The summed E-state index contributed by atoms with van der Waals surface area (Å²) < 4.78 is 42.6. The lowest BCUT2D eigenvalue weighted by atomic mass is 9.95. The van der Waals surface area contributed by atoms with E-state index in [0.717, 1.165) is 12.1 Å². The molecule has 0 amide bonds. The van der Waals surface area contributed by atoms with Crippen LogP contribution in [0.25, 0.3) is 11.4 Å². The number of rotatable bonds is 2. The number of alkyl halides is 3. The van der Waals surface area contributed by atoms with E-state index in [2.05, 4.69) is 9.97 Å². The molecule has 3 rings (SSSR count). The molecule has 2 aromatic heterocycles. The van der Waals surface area contributed by atoms with Crippen LogP contribution in [-0.4, -0.2) is 28.6 Å². The fourth-order valence-electron chi connectivity index (χ4n) is 2.35. The van der Waals surface area contributed by atoms with Gasteiger partial charge in [0.05, 0.1) is 29.6 Å². The van der Waals surface area contributed by atoms with Crippen LogP contribution < -0.4 is 5.73 Å². The summed E-state index contributed by atoms with van der Waals surface area (Å²) in [6, 6.07) is 4.71. The van der Waals surface area contributed by atoms with Crippen LogP contribution in [0.2, 0.25) is 0 Å². The third-order valence-electron chi connectivity index (χ3n) is 3.61. The van der Waals surface area contributed by atoms with E-state index in [-0.39, 0.29) is 34.1 Å².